The van der Waals surface area contributed by atoms with Crippen molar-refractivity contribution in [3.63, 3.8) is 0 Å². The van der Waals surface area contributed by atoms with Crippen LogP contribution >= 0.6 is 0 Å². The monoisotopic (exact) mass is 332 g/mol. The van der Waals surface area contributed by atoms with Crippen LogP contribution in [0.15, 0.2) is 48.8 Å². The molecule has 2 aromatic heterocycles. The highest BCUT2D eigenvalue weighted by Gasteiger charge is 2.28. The molecular weight excluding hydrogens is 324 g/mol. The summed E-state index contributed by atoms with van der Waals surface area (Å²) in [4.78, 5) is 7.10. The lowest BCUT2D eigenvalue weighted by molar-refractivity contribution is 0.346. The third-order valence-electron chi connectivity index (χ3n) is 1.82. The molecule has 11 heteroatoms. The number of hydrogen-bond donors (Lipinski definition) is 0. The molecule has 0 unspecified atom stereocenters. The summed E-state index contributed by atoms with van der Waals surface area (Å²) in [7, 11) is -9.83. The number of nitrogens with zero attached hydrogens (tertiary/aromatic N) is 2. The van der Waals surface area contributed by atoms with Gasteiger partial charge in [-0.1, -0.05) is 15.8 Å². The molecule has 0 N–H and O–H groups in total. The highest BCUT2D eigenvalue weighted by molar-refractivity contribution is 7.95. The first-order chi connectivity index (χ1) is 9.86. The van der Waals surface area contributed by atoms with E-state index in [0.29, 0.717) is 0 Å². The van der Waals surface area contributed by atoms with Gasteiger partial charge in [0.2, 0.25) is 11.8 Å². The van der Waals surface area contributed by atoms with Crippen LogP contribution in [0.5, 0.6) is 11.8 Å². The lowest BCUT2D eigenvalue weighted by Crippen LogP contribution is -2.22. The van der Waals surface area contributed by atoms with Crippen LogP contribution in [-0.4, -0.2) is 26.8 Å². The van der Waals surface area contributed by atoms with Gasteiger partial charge in [-0.15, -0.1) is 0 Å². The predicted molar refractivity (Wildman–Crippen MR) is 68.7 cm³/mol. The van der Waals surface area contributed by atoms with Crippen LogP contribution in [0, 0.1) is 0 Å². The van der Waals surface area contributed by atoms with Crippen molar-refractivity contribution in [2.45, 2.75) is 0 Å². The minimum atomic E-state index is -4.92. The van der Waals surface area contributed by atoms with Gasteiger partial charge in [0.05, 0.1) is 0 Å². The fourth-order valence-electron chi connectivity index (χ4n) is 1.13. The van der Waals surface area contributed by atoms with Crippen molar-refractivity contribution in [1.82, 2.24) is 9.97 Å². The highest BCUT2D eigenvalue weighted by Crippen LogP contribution is 2.13. The van der Waals surface area contributed by atoms with Crippen LogP contribution in [0.3, 0.4) is 0 Å². The summed E-state index contributed by atoms with van der Waals surface area (Å²) in [6, 6.07) is 8.32. The molecule has 0 aliphatic heterocycles. The zero-order valence-corrected chi connectivity index (χ0v) is 11.8. The van der Waals surface area contributed by atoms with Crippen LogP contribution < -0.4 is 8.37 Å². The van der Waals surface area contributed by atoms with Crippen molar-refractivity contribution in [3.8, 4) is 11.8 Å². The Hall–Kier alpha value is -2.24. The quantitative estimate of drug-likeness (QED) is 0.741. The van der Waals surface area contributed by atoms with Crippen LogP contribution in [0.25, 0.3) is 0 Å². The van der Waals surface area contributed by atoms with E-state index in [0.717, 1.165) is 0 Å². The molecule has 0 atom stereocenters. The van der Waals surface area contributed by atoms with Crippen molar-refractivity contribution in [1.29, 1.82) is 0 Å². The molecule has 0 spiro atoms. The summed E-state index contributed by atoms with van der Waals surface area (Å²) in [6.45, 7) is 0. The first-order valence-electron chi connectivity index (χ1n) is 5.28. The largest absolute Gasteiger partial charge is 0.468 e. The van der Waals surface area contributed by atoms with E-state index in [4.69, 9.17) is 0 Å². The Bertz CT molecular complexity index is 722. The van der Waals surface area contributed by atoms with E-state index in [1.807, 2.05) is 0 Å². The summed E-state index contributed by atoms with van der Waals surface area (Å²) in [5.41, 5.74) is 0. The molecule has 2 heterocycles. The first kappa shape index (κ1) is 15.2. The molecule has 0 radical (unpaired) electrons. The number of aromatic nitrogens is 2. The smallest absolute Gasteiger partial charge is 0.340 e. The average molecular weight is 332 g/mol. The van der Waals surface area contributed by atoms with E-state index in [1.165, 1.54) is 48.8 Å². The molecule has 0 aliphatic rings. The predicted octanol–water partition coefficient (Wildman–Crippen LogP) is 0.441. The van der Waals surface area contributed by atoms with E-state index in [2.05, 4.69) is 22.0 Å². The molecular formula is C10H8N2O7S2. The fraction of sp³-hybridized carbons (Fsp3) is 0. The standard InChI is InChI=1S/C10H8N2O7S2/c13-20(14,17-9-5-1-3-7-11-9)19-21(15,16)18-10-6-2-4-8-12-10/h1-8H. The van der Waals surface area contributed by atoms with Crippen molar-refractivity contribution < 1.29 is 28.8 Å². The van der Waals surface area contributed by atoms with Crippen LogP contribution in [-0.2, 0) is 24.4 Å². The topological polar surface area (TPSA) is 122 Å². The third-order valence-corrected chi connectivity index (χ3v) is 3.90. The lowest BCUT2D eigenvalue weighted by Gasteiger charge is -2.06. The minimum absolute atomic E-state index is 0.356. The second-order valence-corrected chi connectivity index (χ2v) is 5.90. The third kappa shape index (κ3) is 4.98. The van der Waals surface area contributed by atoms with Crippen molar-refractivity contribution in [2.75, 3.05) is 0 Å². The molecule has 9 nitrogen and oxygen atoms in total. The van der Waals surface area contributed by atoms with E-state index in [9.17, 15) is 16.8 Å². The summed E-state index contributed by atoms with van der Waals surface area (Å²) < 4.78 is 58.3. The van der Waals surface area contributed by atoms with Gasteiger partial charge in [0.1, 0.15) is 0 Å². The molecule has 21 heavy (non-hydrogen) atoms. The number of pyridine rings is 2. The molecule has 0 aromatic carbocycles. The van der Waals surface area contributed by atoms with Crippen molar-refractivity contribution >= 4 is 20.8 Å². The van der Waals surface area contributed by atoms with Gasteiger partial charge in [-0.05, 0) is 12.1 Å². The van der Waals surface area contributed by atoms with Gasteiger partial charge in [0.15, 0.2) is 0 Å². The maximum atomic E-state index is 11.4. The van der Waals surface area contributed by atoms with Crippen LogP contribution in [0.2, 0.25) is 0 Å². The zero-order chi connectivity index (χ0) is 15.3. The van der Waals surface area contributed by atoms with Gasteiger partial charge in [0.25, 0.3) is 0 Å². The Balaban J connectivity index is 2.09. The Morgan fingerprint density at radius 2 is 1.14 bits per heavy atom. The molecule has 2 rings (SSSR count). The van der Waals surface area contributed by atoms with E-state index in [1.54, 1.807) is 0 Å². The van der Waals surface area contributed by atoms with E-state index in [-0.39, 0.29) is 11.8 Å². The molecule has 0 saturated carbocycles. The van der Waals surface area contributed by atoms with Gasteiger partial charge in [-0.3, -0.25) is 0 Å². The van der Waals surface area contributed by atoms with Crippen molar-refractivity contribution in [3.05, 3.63) is 48.8 Å². The summed E-state index contributed by atoms with van der Waals surface area (Å²) >= 11 is 0. The lowest BCUT2D eigenvalue weighted by atomic mass is 10.5. The van der Waals surface area contributed by atoms with Crippen LogP contribution in [0.1, 0.15) is 0 Å². The average Bonchev–Trinajstić information content (AvgIpc) is 2.38. The Kier molecular flexibility index (Phi) is 4.35. The molecule has 0 aliphatic carbocycles. The van der Waals surface area contributed by atoms with Gasteiger partial charge in [-0.2, -0.15) is 16.8 Å². The molecule has 0 saturated heterocycles. The maximum Gasteiger partial charge on any atom is 0.468 e. The van der Waals surface area contributed by atoms with Gasteiger partial charge in [0, 0.05) is 24.5 Å². The Morgan fingerprint density at radius 1 is 0.714 bits per heavy atom. The van der Waals surface area contributed by atoms with Gasteiger partial charge in [-0.25, -0.2) is 9.97 Å². The normalized spacial score (nSPS) is 11.8. The Labute approximate surface area is 120 Å². The summed E-state index contributed by atoms with van der Waals surface area (Å²) in [5, 5.41) is 0. The SMILES string of the molecule is O=S(=O)(Oc1ccccn1)OS(=O)(=O)Oc1ccccn1. The molecule has 0 fully saturated rings. The van der Waals surface area contributed by atoms with Crippen LogP contribution in [0.4, 0.5) is 0 Å². The molecule has 112 valence electrons. The second-order valence-electron chi connectivity index (χ2n) is 3.39. The summed E-state index contributed by atoms with van der Waals surface area (Å²) in [6.07, 6.45) is 2.51. The van der Waals surface area contributed by atoms with Gasteiger partial charge < -0.3 is 8.37 Å². The highest BCUT2D eigenvalue weighted by atomic mass is 32.3. The second kappa shape index (κ2) is 6.03. The molecule has 2 aromatic rings. The molecule has 0 amide bonds. The minimum Gasteiger partial charge on any atom is -0.340 e. The van der Waals surface area contributed by atoms with Crippen molar-refractivity contribution in [2.24, 2.45) is 0 Å². The van der Waals surface area contributed by atoms with Gasteiger partial charge >= 0.3 is 20.8 Å². The fourth-order valence-corrected chi connectivity index (χ4v) is 2.79. The number of hydrogen-bond acceptors (Lipinski definition) is 9. The first-order valence-corrected chi connectivity index (χ1v) is 7.95. The number of rotatable bonds is 6. The zero-order valence-electron chi connectivity index (χ0n) is 10.2. The molecule has 0 bridgehead atoms. The van der Waals surface area contributed by atoms with E-state index >= 15 is 0 Å². The van der Waals surface area contributed by atoms with E-state index < -0.39 is 20.8 Å². The summed E-state index contributed by atoms with van der Waals surface area (Å²) in [5.74, 6) is -0.712. The Morgan fingerprint density at radius 3 is 1.48 bits per heavy atom. The maximum absolute atomic E-state index is 11.4.